The van der Waals surface area contributed by atoms with Crippen LogP contribution in [0.1, 0.15) is 79.1 Å². The highest BCUT2D eigenvalue weighted by atomic mass is 32.2. The molecule has 1 amide bonds. The number of ether oxygens (including phenoxy) is 3. The number of carbonyl (C=O) groups excluding carboxylic acids is 2. The predicted molar refractivity (Wildman–Crippen MR) is 181 cm³/mol. The fourth-order valence-corrected chi connectivity index (χ4v) is 7.57. The summed E-state index contributed by atoms with van der Waals surface area (Å²) in [5.74, 6) is 0.628. The van der Waals surface area contributed by atoms with Gasteiger partial charge < -0.3 is 19.1 Å². The van der Waals surface area contributed by atoms with E-state index in [2.05, 4.69) is 31.0 Å². The molecule has 1 heterocycles. The van der Waals surface area contributed by atoms with E-state index in [0.29, 0.717) is 28.7 Å². The molecule has 0 aliphatic carbocycles. The summed E-state index contributed by atoms with van der Waals surface area (Å²) < 4.78 is 30.3. The summed E-state index contributed by atoms with van der Waals surface area (Å²) in [4.78, 5) is 27.9. The standard InChI is InChI=1S/C34H48N2O6S2/c1-6-10-18-34(19-11-7-2)24-36(27-15-13-26(14-16-27)35-33(38)42-20-12-8-3)28-22-30(43-5)29(23-31(28)44(39)25-34)41-21-17-32(37)40-9-4/h13-17,21-23H,6-12,18-20,24-25H2,1-5H3,(H,35,38)/b21-17+. The first-order chi connectivity index (χ1) is 21.3. The number of anilines is 3. The Labute approximate surface area is 269 Å². The minimum Gasteiger partial charge on any atom is -0.464 e. The molecule has 44 heavy (non-hydrogen) atoms. The van der Waals surface area contributed by atoms with E-state index in [-0.39, 0.29) is 12.0 Å². The molecular weight excluding hydrogens is 597 g/mol. The summed E-state index contributed by atoms with van der Waals surface area (Å²) in [5.41, 5.74) is 2.35. The molecule has 1 unspecified atom stereocenters. The van der Waals surface area contributed by atoms with Gasteiger partial charge in [0.05, 0.1) is 51.8 Å². The van der Waals surface area contributed by atoms with Gasteiger partial charge in [0.1, 0.15) is 5.75 Å². The Bertz CT molecular complexity index is 1270. The van der Waals surface area contributed by atoms with E-state index in [9.17, 15) is 13.8 Å². The highest BCUT2D eigenvalue weighted by Gasteiger charge is 2.39. The zero-order chi connectivity index (χ0) is 32.0. The quantitative estimate of drug-likeness (QED) is 0.0637. The molecular formula is C34H48N2O6S2. The van der Waals surface area contributed by atoms with Crippen LogP contribution < -0.4 is 15.0 Å². The second-order valence-electron chi connectivity index (χ2n) is 11.1. The molecule has 0 bridgehead atoms. The topological polar surface area (TPSA) is 94.2 Å². The Morgan fingerprint density at radius 2 is 1.68 bits per heavy atom. The van der Waals surface area contributed by atoms with Crippen LogP contribution in [0.4, 0.5) is 21.9 Å². The molecule has 1 aliphatic rings. The lowest BCUT2D eigenvalue weighted by atomic mass is 9.79. The number of fused-ring (bicyclic) bond motifs is 1. The molecule has 0 saturated carbocycles. The maximum absolute atomic E-state index is 14.2. The molecule has 1 atom stereocenters. The van der Waals surface area contributed by atoms with Crippen molar-refractivity contribution in [1.29, 1.82) is 0 Å². The molecule has 2 aromatic carbocycles. The Morgan fingerprint density at radius 1 is 1.00 bits per heavy atom. The predicted octanol–water partition coefficient (Wildman–Crippen LogP) is 8.84. The van der Waals surface area contributed by atoms with E-state index < -0.39 is 22.9 Å². The van der Waals surface area contributed by atoms with Gasteiger partial charge in [0.15, 0.2) is 0 Å². The minimum absolute atomic E-state index is 0.139. The van der Waals surface area contributed by atoms with Crippen molar-refractivity contribution in [2.24, 2.45) is 5.41 Å². The van der Waals surface area contributed by atoms with Crippen molar-refractivity contribution in [2.75, 3.05) is 42.0 Å². The number of amides is 1. The Hall–Kier alpha value is -2.98. The molecule has 1 N–H and O–H groups in total. The monoisotopic (exact) mass is 644 g/mol. The molecule has 0 fully saturated rings. The summed E-state index contributed by atoms with van der Waals surface area (Å²) >= 11 is 1.53. The summed E-state index contributed by atoms with van der Waals surface area (Å²) in [7, 11) is -1.28. The van der Waals surface area contributed by atoms with Crippen molar-refractivity contribution in [2.45, 2.75) is 88.9 Å². The van der Waals surface area contributed by atoms with Gasteiger partial charge in [0.25, 0.3) is 0 Å². The van der Waals surface area contributed by atoms with Crippen LogP contribution in [0.2, 0.25) is 0 Å². The normalized spacial score (nSPS) is 15.8. The van der Waals surface area contributed by atoms with E-state index >= 15 is 0 Å². The number of hydrogen-bond donors (Lipinski definition) is 1. The number of nitrogens with one attached hydrogen (secondary N) is 1. The smallest absolute Gasteiger partial charge is 0.411 e. The average molecular weight is 645 g/mol. The van der Waals surface area contributed by atoms with Gasteiger partial charge in [0.2, 0.25) is 0 Å². The van der Waals surface area contributed by atoms with E-state index in [1.807, 2.05) is 42.7 Å². The molecule has 10 heteroatoms. The SMILES string of the molecule is CCCCOC(=O)Nc1ccc(N2CC(CCCC)(CCCC)CS(=O)c3cc(O/C=C/C(=O)OCC)c(SC)cc32)cc1. The first kappa shape index (κ1) is 35.5. The van der Waals surface area contributed by atoms with Crippen molar-refractivity contribution >= 4 is 51.7 Å². The van der Waals surface area contributed by atoms with Gasteiger partial charge in [-0.1, -0.05) is 52.9 Å². The summed E-state index contributed by atoms with van der Waals surface area (Å²) in [6, 6.07) is 11.6. The first-order valence-electron chi connectivity index (χ1n) is 15.7. The number of hydrogen-bond acceptors (Lipinski definition) is 8. The van der Waals surface area contributed by atoms with Crippen LogP contribution in [0, 0.1) is 5.41 Å². The van der Waals surface area contributed by atoms with E-state index in [0.717, 1.165) is 74.2 Å². The maximum atomic E-state index is 14.2. The third-order valence-electron chi connectivity index (χ3n) is 7.68. The maximum Gasteiger partial charge on any atom is 0.411 e. The minimum atomic E-state index is -1.28. The second-order valence-corrected chi connectivity index (χ2v) is 13.4. The van der Waals surface area contributed by atoms with Crippen molar-refractivity contribution in [3.63, 3.8) is 0 Å². The largest absolute Gasteiger partial charge is 0.464 e. The van der Waals surface area contributed by atoms with Crippen molar-refractivity contribution < 1.29 is 28.0 Å². The molecule has 0 saturated heterocycles. The zero-order valence-electron chi connectivity index (χ0n) is 26.8. The molecule has 0 spiro atoms. The first-order valence-corrected chi connectivity index (χ1v) is 18.3. The number of esters is 1. The highest BCUT2D eigenvalue weighted by molar-refractivity contribution is 7.98. The summed E-state index contributed by atoms with van der Waals surface area (Å²) in [6.07, 6.45) is 12.1. The van der Waals surface area contributed by atoms with Crippen LogP contribution in [0.3, 0.4) is 0 Å². The Balaban J connectivity index is 2.04. The van der Waals surface area contributed by atoms with Crippen molar-refractivity contribution in [1.82, 2.24) is 0 Å². The summed E-state index contributed by atoms with van der Waals surface area (Å²) in [5, 5.41) is 2.82. The molecule has 8 nitrogen and oxygen atoms in total. The molecule has 1 aliphatic heterocycles. The molecule has 3 rings (SSSR count). The van der Waals surface area contributed by atoms with E-state index in [1.54, 1.807) is 6.92 Å². The van der Waals surface area contributed by atoms with E-state index in [1.165, 1.54) is 24.1 Å². The number of rotatable bonds is 16. The van der Waals surface area contributed by atoms with Gasteiger partial charge >= 0.3 is 12.1 Å². The van der Waals surface area contributed by atoms with Crippen molar-refractivity contribution in [3.8, 4) is 5.75 Å². The van der Waals surface area contributed by atoms with Gasteiger partial charge in [-0.15, -0.1) is 11.8 Å². The average Bonchev–Trinajstić information content (AvgIpc) is 3.13. The fourth-order valence-electron chi connectivity index (χ4n) is 5.30. The van der Waals surface area contributed by atoms with Gasteiger partial charge in [-0.25, -0.2) is 9.59 Å². The third kappa shape index (κ3) is 10.0. The lowest BCUT2D eigenvalue weighted by molar-refractivity contribution is -0.137. The van der Waals surface area contributed by atoms with Crippen LogP contribution in [-0.2, 0) is 25.1 Å². The number of unbranched alkanes of at least 4 members (excludes halogenated alkanes) is 3. The second kappa shape index (κ2) is 18.1. The molecule has 0 radical (unpaired) electrons. The van der Waals surface area contributed by atoms with Crippen LogP contribution in [0.15, 0.2) is 58.5 Å². The Morgan fingerprint density at radius 3 is 2.30 bits per heavy atom. The number of carbonyl (C=O) groups is 2. The van der Waals surface area contributed by atoms with Gasteiger partial charge in [0, 0.05) is 35.2 Å². The highest BCUT2D eigenvalue weighted by Crippen LogP contribution is 2.47. The molecule has 242 valence electrons. The van der Waals surface area contributed by atoms with Crippen LogP contribution in [-0.4, -0.2) is 48.0 Å². The lowest BCUT2D eigenvalue weighted by Gasteiger charge is -2.37. The van der Waals surface area contributed by atoms with Gasteiger partial charge in [-0.2, -0.15) is 0 Å². The Kier molecular flexibility index (Phi) is 14.6. The van der Waals surface area contributed by atoms with Gasteiger partial charge in [-0.05, 0) is 62.8 Å². The van der Waals surface area contributed by atoms with Crippen LogP contribution in [0.25, 0.3) is 0 Å². The number of thioether (sulfide) groups is 1. The fraction of sp³-hybridized carbons (Fsp3) is 0.529. The summed E-state index contributed by atoms with van der Waals surface area (Å²) in [6.45, 7) is 9.60. The van der Waals surface area contributed by atoms with Crippen LogP contribution >= 0.6 is 11.8 Å². The lowest BCUT2D eigenvalue weighted by Crippen LogP contribution is -2.37. The molecule has 0 aromatic heterocycles. The van der Waals surface area contributed by atoms with Crippen LogP contribution in [0.5, 0.6) is 5.75 Å². The van der Waals surface area contributed by atoms with E-state index in [4.69, 9.17) is 14.2 Å². The third-order valence-corrected chi connectivity index (χ3v) is 10.1. The number of benzene rings is 2. The van der Waals surface area contributed by atoms with Gasteiger partial charge in [-0.3, -0.25) is 9.53 Å². The number of nitrogens with zero attached hydrogens (tertiary/aromatic N) is 1. The zero-order valence-corrected chi connectivity index (χ0v) is 28.5. The molecule has 2 aromatic rings. The van der Waals surface area contributed by atoms with Crippen molar-refractivity contribution in [3.05, 3.63) is 48.7 Å².